The molecule has 2 aromatic rings. The molecule has 0 unspecified atom stereocenters. The maximum atomic E-state index is 13.1. The fourth-order valence-electron chi connectivity index (χ4n) is 2.93. The molecule has 3 heterocycles. The normalized spacial score (nSPS) is 16.3. The number of piperidine rings is 1. The molecule has 0 saturated carbocycles. The van der Waals surface area contributed by atoms with Gasteiger partial charge in [0, 0.05) is 37.1 Å². The van der Waals surface area contributed by atoms with Crippen LogP contribution in [0.2, 0.25) is 0 Å². The van der Waals surface area contributed by atoms with E-state index in [-0.39, 0.29) is 17.2 Å². The molecule has 0 radical (unpaired) electrons. The van der Waals surface area contributed by atoms with Gasteiger partial charge in [0.25, 0.3) is 12.3 Å². The molecule has 1 aliphatic rings. The maximum Gasteiger partial charge on any atom is 0.280 e. The lowest BCUT2D eigenvalue weighted by Gasteiger charge is -2.31. The third-order valence-electron chi connectivity index (χ3n) is 4.19. The van der Waals surface area contributed by atoms with Crippen molar-refractivity contribution in [2.45, 2.75) is 32.1 Å². The number of carbonyl (C=O) groups excluding carboxylic acids is 1. The van der Waals surface area contributed by atoms with E-state index >= 15 is 0 Å². The van der Waals surface area contributed by atoms with Gasteiger partial charge in [-0.05, 0) is 19.8 Å². The molecule has 23 heavy (non-hydrogen) atoms. The number of amides is 1. The van der Waals surface area contributed by atoms with Crippen molar-refractivity contribution in [3.63, 3.8) is 0 Å². The van der Waals surface area contributed by atoms with Crippen molar-refractivity contribution in [2.75, 3.05) is 13.1 Å². The van der Waals surface area contributed by atoms with Gasteiger partial charge in [-0.15, -0.1) is 11.3 Å². The highest BCUT2D eigenvalue weighted by Crippen LogP contribution is 2.32. The maximum absolute atomic E-state index is 13.1. The molecular formula is C15H18F2N4OS. The molecule has 0 atom stereocenters. The molecule has 0 spiro atoms. The van der Waals surface area contributed by atoms with Gasteiger partial charge in [0.1, 0.15) is 5.69 Å². The van der Waals surface area contributed by atoms with Crippen LogP contribution in [0.5, 0.6) is 0 Å². The van der Waals surface area contributed by atoms with Crippen molar-refractivity contribution < 1.29 is 13.6 Å². The summed E-state index contributed by atoms with van der Waals surface area (Å²) in [6.45, 7) is 3.13. The first-order chi connectivity index (χ1) is 11.0. The Balaban J connectivity index is 1.69. The molecule has 0 aromatic carbocycles. The summed E-state index contributed by atoms with van der Waals surface area (Å²) in [4.78, 5) is 19.7. The van der Waals surface area contributed by atoms with E-state index in [0.717, 1.165) is 22.5 Å². The Morgan fingerprint density at radius 3 is 2.61 bits per heavy atom. The number of rotatable bonds is 3. The Kier molecular flexibility index (Phi) is 4.43. The van der Waals surface area contributed by atoms with Crippen LogP contribution in [0.3, 0.4) is 0 Å². The average Bonchev–Trinajstić information content (AvgIpc) is 3.12. The minimum Gasteiger partial charge on any atom is -0.338 e. The summed E-state index contributed by atoms with van der Waals surface area (Å²) in [6.07, 6.45) is 2.01. The zero-order valence-electron chi connectivity index (χ0n) is 13.0. The van der Waals surface area contributed by atoms with Gasteiger partial charge in [0.05, 0.1) is 16.8 Å². The summed E-state index contributed by atoms with van der Waals surface area (Å²) in [5.41, 5.74) is -0.307. The average molecular weight is 340 g/mol. The standard InChI is InChI=1S/C15H18F2N4OS/c1-9-7-18-14(23-9)10-3-5-21(6-4-10)15(22)11-8-19-20(2)12(11)13(16)17/h7-8,10,13H,3-6H2,1-2H3. The molecule has 2 aromatic heterocycles. The molecule has 5 nitrogen and oxygen atoms in total. The number of aromatic nitrogens is 3. The van der Waals surface area contributed by atoms with Crippen LogP contribution in [0.15, 0.2) is 12.4 Å². The van der Waals surface area contributed by atoms with E-state index in [4.69, 9.17) is 0 Å². The molecule has 124 valence electrons. The molecule has 8 heteroatoms. The molecule has 1 amide bonds. The van der Waals surface area contributed by atoms with Gasteiger partial charge in [0.2, 0.25) is 0 Å². The summed E-state index contributed by atoms with van der Waals surface area (Å²) in [5, 5.41) is 4.90. The van der Waals surface area contributed by atoms with Crippen LogP contribution in [0.1, 0.15) is 51.1 Å². The van der Waals surface area contributed by atoms with Crippen molar-refractivity contribution in [1.82, 2.24) is 19.7 Å². The van der Waals surface area contributed by atoms with Gasteiger partial charge in [-0.25, -0.2) is 13.8 Å². The fourth-order valence-corrected chi connectivity index (χ4v) is 3.87. The van der Waals surface area contributed by atoms with E-state index in [1.807, 2.05) is 13.1 Å². The van der Waals surface area contributed by atoms with Gasteiger partial charge < -0.3 is 4.90 Å². The lowest BCUT2D eigenvalue weighted by molar-refractivity contribution is 0.0699. The van der Waals surface area contributed by atoms with Crippen LogP contribution < -0.4 is 0 Å². The van der Waals surface area contributed by atoms with Gasteiger partial charge in [0.15, 0.2) is 0 Å². The van der Waals surface area contributed by atoms with Crippen molar-refractivity contribution in [2.24, 2.45) is 7.05 Å². The topological polar surface area (TPSA) is 51.0 Å². The minimum absolute atomic E-state index is 0.00560. The van der Waals surface area contributed by atoms with E-state index < -0.39 is 6.43 Å². The number of carbonyl (C=O) groups is 1. The van der Waals surface area contributed by atoms with E-state index in [2.05, 4.69) is 10.1 Å². The Morgan fingerprint density at radius 1 is 1.35 bits per heavy atom. The summed E-state index contributed by atoms with van der Waals surface area (Å²) >= 11 is 1.68. The molecular weight excluding hydrogens is 322 g/mol. The Morgan fingerprint density at radius 2 is 2.04 bits per heavy atom. The van der Waals surface area contributed by atoms with Crippen molar-refractivity contribution in [3.05, 3.63) is 33.5 Å². The van der Waals surface area contributed by atoms with Gasteiger partial charge in [-0.1, -0.05) is 0 Å². The van der Waals surface area contributed by atoms with E-state index in [1.54, 1.807) is 16.2 Å². The lowest BCUT2D eigenvalue weighted by atomic mass is 9.97. The second-order valence-corrected chi connectivity index (χ2v) is 7.01. The Bertz CT molecular complexity index is 704. The largest absolute Gasteiger partial charge is 0.338 e. The molecule has 1 fully saturated rings. The predicted molar refractivity (Wildman–Crippen MR) is 82.9 cm³/mol. The van der Waals surface area contributed by atoms with Crippen LogP contribution in [-0.2, 0) is 7.05 Å². The highest BCUT2D eigenvalue weighted by Gasteiger charge is 2.30. The second kappa shape index (κ2) is 6.35. The third kappa shape index (κ3) is 3.12. The monoisotopic (exact) mass is 340 g/mol. The van der Waals surface area contributed by atoms with Crippen LogP contribution >= 0.6 is 11.3 Å². The predicted octanol–water partition coefficient (Wildman–Crippen LogP) is 3.14. The van der Waals surface area contributed by atoms with Crippen LogP contribution in [-0.4, -0.2) is 38.7 Å². The number of thiazole rings is 1. The quantitative estimate of drug-likeness (QED) is 0.862. The van der Waals surface area contributed by atoms with Gasteiger partial charge in [-0.2, -0.15) is 5.10 Å². The number of alkyl halides is 2. The van der Waals surface area contributed by atoms with E-state index in [0.29, 0.717) is 19.0 Å². The summed E-state index contributed by atoms with van der Waals surface area (Å²) in [5.74, 6) is -0.0108. The molecule has 1 saturated heterocycles. The van der Waals surface area contributed by atoms with Crippen molar-refractivity contribution in [3.8, 4) is 0 Å². The number of hydrogen-bond acceptors (Lipinski definition) is 4. The molecule has 0 aliphatic carbocycles. The number of halogens is 2. The first-order valence-electron chi connectivity index (χ1n) is 7.49. The lowest BCUT2D eigenvalue weighted by Crippen LogP contribution is -2.38. The molecule has 0 bridgehead atoms. The first kappa shape index (κ1) is 16.0. The van der Waals surface area contributed by atoms with Crippen LogP contribution in [0.25, 0.3) is 0 Å². The van der Waals surface area contributed by atoms with Crippen molar-refractivity contribution in [1.29, 1.82) is 0 Å². The second-order valence-electron chi connectivity index (χ2n) is 5.74. The molecule has 1 aliphatic heterocycles. The SMILES string of the molecule is Cc1cnc(C2CCN(C(=O)c3cnn(C)c3C(F)F)CC2)s1. The molecule has 0 N–H and O–H groups in total. The van der Waals surface area contributed by atoms with Crippen molar-refractivity contribution >= 4 is 17.2 Å². The zero-order chi connectivity index (χ0) is 16.6. The van der Waals surface area contributed by atoms with Gasteiger partial charge >= 0.3 is 0 Å². The van der Waals surface area contributed by atoms with Crippen LogP contribution in [0.4, 0.5) is 8.78 Å². The summed E-state index contributed by atoms with van der Waals surface area (Å²) in [7, 11) is 1.43. The minimum atomic E-state index is -2.71. The highest BCUT2D eigenvalue weighted by atomic mass is 32.1. The van der Waals surface area contributed by atoms with E-state index in [9.17, 15) is 13.6 Å². The number of likely N-dealkylation sites (tertiary alicyclic amines) is 1. The summed E-state index contributed by atoms with van der Waals surface area (Å²) in [6, 6.07) is 0. The Hall–Kier alpha value is -1.83. The zero-order valence-corrected chi connectivity index (χ0v) is 13.8. The number of nitrogens with zero attached hydrogens (tertiary/aromatic N) is 4. The van der Waals surface area contributed by atoms with Crippen LogP contribution in [0, 0.1) is 6.92 Å². The van der Waals surface area contributed by atoms with E-state index in [1.165, 1.54) is 18.1 Å². The summed E-state index contributed by atoms with van der Waals surface area (Å²) < 4.78 is 27.3. The number of hydrogen-bond donors (Lipinski definition) is 0. The number of aryl methyl sites for hydroxylation is 2. The van der Waals surface area contributed by atoms with Gasteiger partial charge in [-0.3, -0.25) is 9.48 Å². The fraction of sp³-hybridized carbons (Fsp3) is 0.533. The highest BCUT2D eigenvalue weighted by molar-refractivity contribution is 7.11. The Labute approximate surface area is 136 Å². The molecule has 3 rings (SSSR count). The third-order valence-corrected chi connectivity index (χ3v) is 5.27. The smallest absolute Gasteiger partial charge is 0.280 e. The first-order valence-corrected chi connectivity index (χ1v) is 8.30.